The van der Waals surface area contributed by atoms with E-state index in [0.29, 0.717) is 35.2 Å². The van der Waals surface area contributed by atoms with E-state index in [1.54, 1.807) is 0 Å². The van der Waals surface area contributed by atoms with E-state index < -0.39 is 36.6 Å². The number of aliphatic hydroxyl groups is 2. The Bertz CT molecular complexity index is 1300. The monoisotopic (exact) mass is 560 g/mol. The van der Waals surface area contributed by atoms with Crippen LogP contribution in [0.1, 0.15) is 18.2 Å². The molecule has 2 aromatic heterocycles. The van der Waals surface area contributed by atoms with Gasteiger partial charge in [-0.1, -0.05) is 23.7 Å². The molecule has 13 nitrogen and oxygen atoms in total. The molecule has 0 aliphatic carbocycles. The van der Waals surface area contributed by atoms with Gasteiger partial charge >= 0.3 is 5.97 Å². The number of anilines is 1. The fourth-order valence-electron chi connectivity index (χ4n) is 5.30. The average molecular weight is 561 g/mol. The number of nitrogens with zero attached hydrogens (tertiary/aromatic N) is 6. The zero-order valence-electron chi connectivity index (χ0n) is 21.3. The summed E-state index contributed by atoms with van der Waals surface area (Å²) in [7, 11) is 0. The third kappa shape index (κ3) is 6.14. The summed E-state index contributed by atoms with van der Waals surface area (Å²) in [6, 6.07) is 6.79. The maximum atomic E-state index is 11.3. The van der Waals surface area contributed by atoms with Gasteiger partial charge in [-0.25, -0.2) is 15.0 Å². The van der Waals surface area contributed by atoms with Crippen molar-refractivity contribution in [2.24, 2.45) is 11.7 Å². The number of imidazole rings is 1. The van der Waals surface area contributed by atoms with Gasteiger partial charge in [0, 0.05) is 44.3 Å². The van der Waals surface area contributed by atoms with E-state index in [4.69, 9.17) is 27.8 Å². The van der Waals surface area contributed by atoms with Crippen molar-refractivity contribution in [2.45, 2.75) is 43.5 Å². The lowest BCUT2D eigenvalue weighted by Gasteiger charge is -2.42. The Morgan fingerprint density at radius 1 is 1.21 bits per heavy atom. The normalized spacial score (nSPS) is 24.8. The topological polar surface area (TPSA) is 189 Å². The molecule has 0 radical (unpaired) electrons. The van der Waals surface area contributed by atoms with E-state index in [1.165, 1.54) is 17.2 Å². The van der Waals surface area contributed by atoms with Crippen LogP contribution in [0.25, 0.3) is 11.2 Å². The fourth-order valence-corrected chi connectivity index (χ4v) is 5.52. The Balaban J connectivity index is 1.23. The van der Waals surface area contributed by atoms with Crippen LogP contribution in [0.3, 0.4) is 0 Å². The molecule has 0 bridgehead atoms. The van der Waals surface area contributed by atoms with Crippen LogP contribution >= 0.6 is 11.6 Å². The molecule has 5 rings (SSSR count). The number of fused-ring (bicyclic) bond motifs is 1. The number of aliphatic carboxylic acids is 1. The molecule has 210 valence electrons. The van der Waals surface area contributed by atoms with Crippen LogP contribution < -0.4 is 11.5 Å². The van der Waals surface area contributed by atoms with Crippen molar-refractivity contribution in [3.63, 3.8) is 0 Å². The van der Waals surface area contributed by atoms with Gasteiger partial charge in [0.25, 0.3) is 0 Å². The maximum absolute atomic E-state index is 11.3. The summed E-state index contributed by atoms with van der Waals surface area (Å²) >= 11 is 6.11. The second-order valence-electron chi connectivity index (χ2n) is 10.3. The van der Waals surface area contributed by atoms with Crippen molar-refractivity contribution in [3.8, 4) is 0 Å². The van der Waals surface area contributed by atoms with E-state index in [2.05, 4.69) is 24.8 Å². The van der Waals surface area contributed by atoms with Gasteiger partial charge in [0.05, 0.1) is 6.33 Å². The first-order valence-electron chi connectivity index (χ1n) is 12.8. The Labute approximate surface area is 230 Å². The van der Waals surface area contributed by atoms with Crippen molar-refractivity contribution in [1.82, 2.24) is 29.3 Å². The molecule has 0 amide bonds. The molecule has 2 fully saturated rings. The second kappa shape index (κ2) is 11.7. The number of rotatable bonds is 11. The molecule has 0 spiro atoms. The van der Waals surface area contributed by atoms with Crippen LogP contribution in [0, 0.1) is 5.92 Å². The van der Waals surface area contributed by atoms with Gasteiger partial charge in [-0.15, -0.1) is 0 Å². The molecule has 0 saturated carbocycles. The first-order chi connectivity index (χ1) is 18.7. The maximum Gasteiger partial charge on any atom is 0.320 e. The van der Waals surface area contributed by atoms with Gasteiger partial charge < -0.3 is 36.4 Å². The number of nitrogens with two attached hydrogens (primary N) is 2. The molecule has 2 saturated heterocycles. The summed E-state index contributed by atoms with van der Waals surface area (Å²) in [6.07, 6.45) is -1.08. The minimum Gasteiger partial charge on any atom is -0.480 e. The standard InChI is InChI=1S/C25H33ClN8O5/c26-16-3-1-2-14(6-16)7-33-9-15(10-33)8-32(5-4-17(27)25(37)38)11-18-20(35)21(36)24(39-18)34-13-31-19-22(28)29-12-30-23(19)34/h1-3,6,12-13,15,17-18,20-21,24,35-36H,4-5,7-11,27H2,(H,37,38)(H2,28,29,30)/t17-,18+,20+,21+,24+/m0/s1. The van der Waals surface area contributed by atoms with E-state index in [-0.39, 0.29) is 18.8 Å². The SMILES string of the molecule is Nc1ncnc2c1ncn2[C@@H]1O[C@H](CN(CC[C@H](N)C(=O)O)CC2CN(Cc3cccc(Cl)c3)C2)[C@@H](O)[C@H]1O. The Hall–Kier alpha value is -2.91. The number of hydrogen-bond donors (Lipinski definition) is 5. The zero-order valence-corrected chi connectivity index (χ0v) is 22.0. The predicted molar refractivity (Wildman–Crippen MR) is 143 cm³/mol. The first kappa shape index (κ1) is 27.6. The number of aromatic nitrogens is 4. The Morgan fingerprint density at radius 3 is 2.74 bits per heavy atom. The number of hydrogen-bond acceptors (Lipinski definition) is 11. The summed E-state index contributed by atoms with van der Waals surface area (Å²) in [5, 5.41) is 31.7. The Kier molecular flexibility index (Phi) is 8.28. The van der Waals surface area contributed by atoms with Crippen molar-refractivity contribution >= 4 is 34.6 Å². The molecular formula is C25H33ClN8O5. The number of halogens is 1. The van der Waals surface area contributed by atoms with E-state index in [1.807, 2.05) is 24.3 Å². The zero-order chi connectivity index (χ0) is 27.7. The number of benzene rings is 1. The van der Waals surface area contributed by atoms with Crippen molar-refractivity contribution < 1.29 is 24.9 Å². The Morgan fingerprint density at radius 2 is 2.00 bits per heavy atom. The number of carbonyl (C=O) groups is 1. The molecule has 2 aliphatic heterocycles. The molecule has 7 N–H and O–H groups in total. The second-order valence-corrected chi connectivity index (χ2v) is 10.7. The number of carboxylic acid groups (broad SMARTS) is 1. The molecular weight excluding hydrogens is 528 g/mol. The van der Waals surface area contributed by atoms with Crippen LogP contribution in [-0.2, 0) is 16.1 Å². The van der Waals surface area contributed by atoms with Gasteiger partial charge in [-0.3, -0.25) is 14.3 Å². The largest absolute Gasteiger partial charge is 0.480 e. The van der Waals surface area contributed by atoms with Gasteiger partial charge in [-0.2, -0.15) is 0 Å². The third-order valence-corrected chi connectivity index (χ3v) is 7.59. The summed E-state index contributed by atoms with van der Waals surface area (Å²) in [5.74, 6) is -0.511. The van der Waals surface area contributed by atoms with E-state index >= 15 is 0 Å². The highest BCUT2D eigenvalue weighted by Crippen LogP contribution is 2.33. The summed E-state index contributed by atoms with van der Waals surface area (Å²) in [5.41, 5.74) is 13.6. The van der Waals surface area contributed by atoms with Crippen molar-refractivity contribution in [2.75, 3.05) is 38.5 Å². The number of likely N-dealkylation sites (tertiary alicyclic amines) is 1. The van der Waals surface area contributed by atoms with Crippen molar-refractivity contribution in [1.29, 1.82) is 0 Å². The molecule has 14 heteroatoms. The smallest absolute Gasteiger partial charge is 0.320 e. The summed E-state index contributed by atoms with van der Waals surface area (Å²) < 4.78 is 7.65. The first-order valence-corrected chi connectivity index (χ1v) is 13.2. The predicted octanol–water partition coefficient (Wildman–Crippen LogP) is -0.0829. The number of aliphatic hydroxyl groups excluding tert-OH is 2. The highest BCUT2D eigenvalue weighted by molar-refractivity contribution is 6.30. The minimum atomic E-state index is -1.23. The van der Waals surface area contributed by atoms with Crippen LogP contribution in [0.15, 0.2) is 36.9 Å². The number of nitrogen functional groups attached to an aromatic ring is 1. The highest BCUT2D eigenvalue weighted by Gasteiger charge is 2.45. The molecule has 5 atom stereocenters. The molecule has 2 aliphatic rings. The van der Waals surface area contributed by atoms with Crippen LogP contribution in [-0.4, -0.2) is 108 Å². The van der Waals surface area contributed by atoms with Gasteiger partial charge in [0.15, 0.2) is 17.7 Å². The highest BCUT2D eigenvalue weighted by atomic mass is 35.5. The quantitative estimate of drug-likeness (QED) is 0.210. The molecule has 4 heterocycles. The molecule has 0 unspecified atom stereocenters. The fraction of sp³-hybridized carbons (Fsp3) is 0.520. The minimum absolute atomic E-state index is 0.203. The van der Waals surface area contributed by atoms with Gasteiger partial charge in [0.1, 0.15) is 36.2 Å². The lowest BCUT2D eigenvalue weighted by atomic mass is 9.97. The van der Waals surface area contributed by atoms with E-state index in [0.717, 1.165) is 25.2 Å². The summed E-state index contributed by atoms with van der Waals surface area (Å²) in [6.45, 7) is 3.90. The lowest BCUT2D eigenvalue weighted by molar-refractivity contribution is -0.138. The number of carboxylic acids is 1. The number of ether oxygens (including phenoxy) is 1. The molecule has 3 aromatic rings. The molecule has 1 aromatic carbocycles. The molecule has 39 heavy (non-hydrogen) atoms. The van der Waals surface area contributed by atoms with Crippen LogP contribution in [0.2, 0.25) is 5.02 Å². The third-order valence-electron chi connectivity index (χ3n) is 7.35. The van der Waals surface area contributed by atoms with Crippen LogP contribution in [0.4, 0.5) is 5.82 Å². The average Bonchev–Trinajstić information content (AvgIpc) is 3.43. The van der Waals surface area contributed by atoms with Gasteiger partial charge in [-0.05, 0) is 30.0 Å². The van der Waals surface area contributed by atoms with Gasteiger partial charge in [0.2, 0.25) is 0 Å². The van der Waals surface area contributed by atoms with E-state index in [9.17, 15) is 20.1 Å². The van der Waals surface area contributed by atoms with Crippen molar-refractivity contribution in [3.05, 3.63) is 47.5 Å². The lowest BCUT2D eigenvalue weighted by Crippen LogP contribution is -2.52. The van der Waals surface area contributed by atoms with Crippen LogP contribution in [0.5, 0.6) is 0 Å². The summed E-state index contributed by atoms with van der Waals surface area (Å²) in [4.78, 5) is 28.0.